The maximum Gasteiger partial charge on any atom is 0.250 e. The third kappa shape index (κ3) is 4.19. The molecule has 118 valence electrons. The summed E-state index contributed by atoms with van der Waals surface area (Å²) in [7, 11) is 0. The molecule has 4 heteroatoms. The van der Waals surface area contributed by atoms with E-state index in [0.29, 0.717) is 12.6 Å². The first-order valence-electron chi connectivity index (χ1n) is 7.90. The summed E-state index contributed by atoms with van der Waals surface area (Å²) in [5.74, 6) is -0.00138. The van der Waals surface area contributed by atoms with Gasteiger partial charge in [0.2, 0.25) is 5.91 Å². The van der Waals surface area contributed by atoms with Crippen molar-refractivity contribution in [2.75, 3.05) is 6.54 Å². The van der Waals surface area contributed by atoms with Crippen molar-refractivity contribution >= 4 is 12.0 Å². The standard InChI is InChI=1S/C19H20N2O2/c22-18-10-4-5-13-20(18)15-19(23)21(17-11-12-17)14-6-9-16-7-2-1-3-8-16/h1-10,13,17H,11-12,14-15H2/b9-6+. The van der Waals surface area contributed by atoms with Crippen LogP contribution in [0.2, 0.25) is 0 Å². The fraction of sp³-hybridized carbons (Fsp3) is 0.263. The second-order valence-corrected chi connectivity index (χ2v) is 5.76. The zero-order valence-electron chi connectivity index (χ0n) is 13.0. The Morgan fingerprint density at radius 1 is 1.13 bits per heavy atom. The maximum absolute atomic E-state index is 12.5. The highest BCUT2D eigenvalue weighted by Gasteiger charge is 2.31. The number of rotatable bonds is 6. The van der Waals surface area contributed by atoms with Gasteiger partial charge in [-0.1, -0.05) is 48.6 Å². The van der Waals surface area contributed by atoms with Crippen LogP contribution in [0.25, 0.3) is 6.08 Å². The molecule has 0 N–H and O–H groups in total. The summed E-state index contributed by atoms with van der Waals surface area (Å²) >= 11 is 0. The van der Waals surface area contributed by atoms with Crippen LogP contribution in [0, 0.1) is 0 Å². The monoisotopic (exact) mass is 308 g/mol. The van der Waals surface area contributed by atoms with Gasteiger partial charge in [0.1, 0.15) is 6.54 Å². The Bertz CT molecular complexity index is 745. The van der Waals surface area contributed by atoms with Gasteiger partial charge in [-0.2, -0.15) is 0 Å². The summed E-state index contributed by atoms with van der Waals surface area (Å²) in [6.45, 7) is 0.690. The topological polar surface area (TPSA) is 42.3 Å². The Balaban J connectivity index is 1.65. The molecule has 1 aromatic carbocycles. The molecule has 0 spiro atoms. The first-order chi connectivity index (χ1) is 11.2. The molecule has 0 aliphatic heterocycles. The van der Waals surface area contributed by atoms with Gasteiger partial charge in [0.15, 0.2) is 0 Å². The molecular formula is C19H20N2O2. The molecule has 0 unspecified atom stereocenters. The summed E-state index contributed by atoms with van der Waals surface area (Å²) in [4.78, 5) is 26.1. The highest BCUT2D eigenvalue weighted by molar-refractivity contribution is 5.77. The van der Waals surface area contributed by atoms with Crippen LogP contribution in [-0.4, -0.2) is 28.0 Å². The highest BCUT2D eigenvalue weighted by atomic mass is 16.2. The van der Waals surface area contributed by atoms with Crippen LogP contribution in [0.15, 0.2) is 65.6 Å². The first kappa shape index (κ1) is 15.3. The van der Waals surface area contributed by atoms with Gasteiger partial charge in [-0.3, -0.25) is 9.59 Å². The molecule has 0 radical (unpaired) electrons. The number of hydrogen-bond donors (Lipinski definition) is 0. The first-order valence-corrected chi connectivity index (χ1v) is 7.90. The second-order valence-electron chi connectivity index (χ2n) is 5.76. The third-order valence-electron chi connectivity index (χ3n) is 3.92. The van der Waals surface area contributed by atoms with Gasteiger partial charge in [-0.25, -0.2) is 0 Å². The number of carbonyl (C=O) groups excluding carboxylic acids is 1. The zero-order chi connectivity index (χ0) is 16.1. The van der Waals surface area contributed by atoms with Gasteiger partial charge in [0, 0.05) is 24.8 Å². The van der Waals surface area contributed by atoms with Crippen molar-refractivity contribution in [2.45, 2.75) is 25.4 Å². The van der Waals surface area contributed by atoms with E-state index >= 15 is 0 Å². The van der Waals surface area contributed by atoms with E-state index in [1.807, 2.05) is 47.4 Å². The van der Waals surface area contributed by atoms with Crippen LogP contribution in [0.5, 0.6) is 0 Å². The van der Waals surface area contributed by atoms with E-state index in [-0.39, 0.29) is 18.0 Å². The molecule has 0 bridgehead atoms. The molecule has 1 aromatic heterocycles. The van der Waals surface area contributed by atoms with E-state index in [1.54, 1.807) is 18.3 Å². The van der Waals surface area contributed by atoms with Crippen LogP contribution >= 0.6 is 0 Å². The molecule has 0 atom stereocenters. The molecule has 2 aromatic rings. The molecule has 1 fully saturated rings. The lowest BCUT2D eigenvalue weighted by Gasteiger charge is -2.21. The molecule has 1 saturated carbocycles. The van der Waals surface area contributed by atoms with E-state index in [9.17, 15) is 9.59 Å². The van der Waals surface area contributed by atoms with Crippen LogP contribution in [0.4, 0.5) is 0 Å². The van der Waals surface area contributed by atoms with Crippen molar-refractivity contribution in [1.29, 1.82) is 0 Å². The van der Waals surface area contributed by atoms with Crippen molar-refractivity contribution in [1.82, 2.24) is 9.47 Å². The summed E-state index contributed by atoms with van der Waals surface area (Å²) in [6.07, 6.45) is 7.80. The Morgan fingerprint density at radius 3 is 2.57 bits per heavy atom. The lowest BCUT2D eigenvalue weighted by molar-refractivity contribution is -0.131. The van der Waals surface area contributed by atoms with Gasteiger partial charge < -0.3 is 9.47 Å². The minimum Gasteiger partial charge on any atom is -0.334 e. The Morgan fingerprint density at radius 2 is 1.87 bits per heavy atom. The van der Waals surface area contributed by atoms with Gasteiger partial charge in [0.05, 0.1) is 0 Å². The van der Waals surface area contributed by atoms with Gasteiger partial charge in [-0.05, 0) is 24.5 Å². The van der Waals surface area contributed by atoms with Crippen LogP contribution in [-0.2, 0) is 11.3 Å². The summed E-state index contributed by atoms with van der Waals surface area (Å²) < 4.78 is 1.46. The summed E-state index contributed by atoms with van der Waals surface area (Å²) in [5.41, 5.74) is 0.978. The molecule has 4 nitrogen and oxygen atoms in total. The van der Waals surface area contributed by atoms with Crippen molar-refractivity contribution in [3.8, 4) is 0 Å². The lowest BCUT2D eigenvalue weighted by atomic mass is 10.2. The zero-order valence-corrected chi connectivity index (χ0v) is 13.0. The second kappa shape index (κ2) is 7.09. The smallest absolute Gasteiger partial charge is 0.250 e. The predicted octanol–water partition coefficient (Wildman–Crippen LogP) is 2.55. The lowest BCUT2D eigenvalue weighted by Crippen LogP contribution is -2.37. The minimum absolute atomic E-state index is 0.00138. The number of amides is 1. The molecule has 3 rings (SSSR count). The Kier molecular flexibility index (Phi) is 4.71. The van der Waals surface area contributed by atoms with Crippen LogP contribution in [0.1, 0.15) is 18.4 Å². The third-order valence-corrected chi connectivity index (χ3v) is 3.92. The summed E-state index contributed by atoms with van der Waals surface area (Å²) in [6, 6.07) is 15.3. The largest absolute Gasteiger partial charge is 0.334 e. The molecule has 1 aliphatic carbocycles. The quantitative estimate of drug-likeness (QED) is 0.823. The molecule has 1 amide bonds. The molecule has 23 heavy (non-hydrogen) atoms. The molecule has 1 aliphatic rings. The van der Waals surface area contributed by atoms with Gasteiger partial charge in [0.25, 0.3) is 5.56 Å². The number of pyridine rings is 1. The predicted molar refractivity (Wildman–Crippen MR) is 90.9 cm³/mol. The minimum atomic E-state index is -0.142. The van der Waals surface area contributed by atoms with E-state index < -0.39 is 0 Å². The maximum atomic E-state index is 12.5. The highest BCUT2D eigenvalue weighted by Crippen LogP contribution is 2.27. The van der Waals surface area contributed by atoms with Gasteiger partial charge >= 0.3 is 0 Å². The number of hydrogen-bond acceptors (Lipinski definition) is 2. The Hall–Kier alpha value is -2.62. The van der Waals surface area contributed by atoms with E-state index in [0.717, 1.165) is 18.4 Å². The van der Waals surface area contributed by atoms with E-state index in [2.05, 4.69) is 0 Å². The van der Waals surface area contributed by atoms with Crippen LogP contribution < -0.4 is 5.56 Å². The normalized spacial score (nSPS) is 14.1. The van der Waals surface area contributed by atoms with Crippen LogP contribution in [0.3, 0.4) is 0 Å². The average Bonchev–Trinajstić information content (AvgIpc) is 3.39. The molecular weight excluding hydrogens is 288 g/mol. The van der Waals surface area contributed by atoms with E-state index in [1.165, 1.54) is 10.6 Å². The molecule has 0 saturated heterocycles. The van der Waals surface area contributed by atoms with Crippen molar-refractivity contribution < 1.29 is 4.79 Å². The summed E-state index contributed by atoms with van der Waals surface area (Å²) in [5, 5.41) is 0. The average molecular weight is 308 g/mol. The fourth-order valence-electron chi connectivity index (χ4n) is 2.54. The number of aromatic nitrogens is 1. The number of carbonyl (C=O) groups is 1. The van der Waals surface area contributed by atoms with Gasteiger partial charge in [-0.15, -0.1) is 0 Å². The Labute approximate surface area is 135 Å². The van der Waals surface area contributed by atoms with Crippen molar-refractivity contribution in [3.63, 3.8) is 0 Å². The number of benzene rings is 1. The number of nitrogens with zero attached hydrogens (tertiary/aromatic N) is 2. The van der Waals surface area contributed by atoms with Crippen molar-refractivity contribution in [3.05, 3.63) is 76.7 Å². The fourth-order valence-corrected chi connectivity index (χ4v) is 2.54. The van der Waals surface area contributed by atoms with E-state index in [4.69, 9.17) is 0 Å². The SMILES string of the molecule is O=C(Cn1ccccc1=O)N(C/C=C/c1ccccc1)C1CC1. The molecule has 1 heterocycles. The van der Waals surface area contributed by atoms with Crippen molar-refractivity contribution in [2.24, 2.45) is 0 Å².